The van der Waals surface area contributed by atoms with Crippen molar-refractivity contribution in [1.29, 1.82) is 0 Å². The van der Waals surface area contributed by atoms with Crippen LogP contribution in [0.5, 0.6) is 0 Å². The number of hydrogen-bond acceptors (Lipinski definition) is 4. The minimum atomic E-state index is 0.0156. The highest BCUT2D eigenvalue weighted by atomic mass is 32.1. The highest BCUT2D eigenvalue weighted by Gasteiger charge is 2.23. The molecule has 118 valence electrons. The van der Waals surface area contributed by atoms with Gasteiger partial charge in [-0.05, 0) is 42.7 Å². The molecule has 0 aromatic carbocycles. The maximum atomic E-state index is 12.0. The van der Waals surface area contributed by atoms with Crippen LogP contribution in [0.4, 0.5) is 0 Å². The predicted octanol–water partition coefficient (Wildman–Crippen LogP) is 2.38. The summed E-state index contributed by atoms with van der Waals surface area (Å²) in [6, 6.07) is 2.12. The van der Waals surface area contributed by atoms with Gasteiger partial charge in [-0.2, -0.15) is 16.4 Å². The number of ether oxygens (including phenoxy) is 1. The molecule has 0 bridgehead atoms. The van der Waals surface area contributed by atoms with E-state index in [-0.39, 0.29) is 11.8 Å². The largest absolute Gasteiger partial charge is 0.381 e. The standard InChI is InChI=1S/C16H21N3O2S/c1-11-15(14-4-8-22-10-14)12(2)19(18-11)6-5-17-16(20)13-3-7-21-9-13/h4,8,10,13H,3,5-7,9H2,1-2H3,(H,17,20). The molecule has 3 rings (SSSR count). The number of amides is 1. The lowest BCUT2D eigenvalue weighted by atomic mass is 10.1. The summed E-state index contributed by atoms with van der Waals surface area (Å²) in [6.45, 7) is 6.65. The van der Waals surface area contributed by atoms with Crippen LogP contribution < -0.4 is 5.32 Å². The zero-order valence-corrected chi connectivity index (χ0v) is 13.8. The number of aromatic nitrogens is 2. The molecule has 1 fully saturated rings. The number of nitrogens with one attached hydrogen (secondary N) is 1. The summed E-state index contributed by atoms with van der Waals surface area (Å²) in [4.78, 5) is 12.0. The number of thiophene rings is 1. The van der Waals surface area contributed by atoms with E-state index in [0.29, 0.717) is 26.3 Å². The molecule has 0 spiro atoms. The summed E-state index contributed by atoms with van der Waals surface area (Å²) < 4.78 is 7.22. The topological polar surface area (TPSA) is 56.2 Å². The van der Waals surface area contributed by atoms with Crippen molar-refractivity contribution in [1.82, 2.24) is 15.1 Å². The van der Waals surface area contributed by atoms with Crippen LogP contribution in [0.3, 0.4) is 0 Å². The van der Waals surface area contributed by atoms with Gasteiger partial charge in [0.15, 0.2) is 0 Å². The second-order valence-electron chi connectivity index (χ2n) is 5.63. The Morgan fingerprint density at radius 2 is 2.41 bits per heavy atom. The highest BCUT2D eigenvalue weighted by molar-refractivity contribution is 7.08. The molecule has 0 aliphatic carbocycles. The number of rotatable bonds is 5. The summed E-state index contributed by atoms with van der Waals surface area (Å²) in [5.74, 6) is 0.110. The Kier molecular flexibility index (Phi) is 4.59. The molecule has 1 aliphatic rings. The van der Waals surface area contributed by atoms with Crippen LogP contribution >= 0.6 is 11.3 Å². The molecule has 2 aromatic rings. The van der Waals surface area contributed by atoms with Gasteiger partial charge in [-0.3, -0.25) is 9.48 Å². The van der Waals surface area contributed by atoms with Crippen molar-refractivity contribution in [3.05, 3.63) is 28.2 Å². The summed E-state index contributed by atoms with van der Waals surface area (Å²) in [5.41, 5.74) is 4.61. The van der Waals surface area contributed by atoms with Crippen molar-refractivity contribution in [2.45, 2.75) is 26.8 Å². The molecule has 1 atom stereocenters. The molecule has 1 saturated heterocycles. The van der Waals surface area contributed by atoms with Crippen LogP contribution in [0.15, 0.2) is 16.8 Å². The van der Waals surface area contributed by atoms with Crippen LogP contribution in [0, 0.1) is 19.8 Å². The number of aryl methyl sites for hydroxylation is 1. The first-order chi connectivity index (χ1) is 10.7. The fourth-order valence-electron chi connectivity index (χ4n) is 2.91. The summed E-state index contributed by atoms with van der Waals surface area (Å²) in [5, 5.41) is 11.8. The van der Waals surface area contributed by atoms with E-state index >= 15 is 0 Å². The van der Waals surface area contributed by atoms with E-state index in [1.54, 1.807) is 11.3 Å². The Bertz CT molecular complexity index is 643. The van der Waals surface area contributed by atoms with Crippen LogP contribution in [0.2, 0.25) is 0 Å². The molecule has 22 heavy (non-hydrogen) atoms. The van der Waals surface area contributed by atoms with Crippen molar-refractivity contribution in [3.8, 4) is 11.1 Å². The van der Waals surface area contributed by atoms with Crippen LogP contribution in [0.1, 0.15) is 17.8 Å². The van der Waals surface area contributed by atoms with Gasteiger partial charge in [-0.1, -0.05) is 0 Å². The second-order valence-corrected chi connectivity index (χ2v) is 6.41. The molecule has 1 amide bonds. The van der Waals surface area contributed by atoms with Gasteiger partial charge < -0.3 is 10.1 Å². The molecule has 3 heterocycles. The van der Waals surface area contributed by atoms with Crippen molar-refractivity contribution in [2.75, 3.05) is 19.8 Å². The Hall–Kier alpha value is -1.66. The van der Waals surface area contributed by atoms with E-state index < -0.39 is 0 Å². The first kappa shape index (κ1) is 15.2. The van der Waals surface area contributed by atoms with Gasteiger partial charge in [-0.25, -0.2) is 0 Å². The fourth-order valence-corrected chi connectivity index (χ4v) is 3.56. The van der Waals surface area contributed by atoms with Crippen molar-refractivity contribution >= 4 is 17.2 Å². The van der Waals surface area contributed by atoms with Crippen LogP contribution in [-0.4, -0.2) is 35.4 Å². The van der Waals surface area contributed by atoms with E-state index in [4.69, 9.17) is 4.74 Å². The van der Waals surface area contributed by atoms with Gasteiger partial charge >= 0.3 is 0 Å². The summed E-state index contributed by atoms with van der Waals surface area (Å²) in [7, 11) is 0. The number of nitrogens with zero attached hydrogens (tertiary/aromatic N) is 2. The molecule has 0 radical (unpaired) electrons. The average Bonchev–Trinajstić information content (AvgIpc) is 3.22. The third-order valence-electron chi connectivity index (χ3n) is 4.11. The van der Waals surface area contributed by atoms with Crippen molar-refractivity contribution in [2.24, 2.45) is 5.92 Å². The van der Waals surface area contributed by atoms with E-state index in [1.807, 2.05) is 11.6 Å². The Morgan fingerprint density at radius 3 is 3.09 bits per heavy atom. The van der Waals surface area contributed by atoms with Crippen LogP contribution in [0.25, 0.3) is 11.1 Å². The van der Waals surface area contributed by atoms with Gasteiger partial charge in [0.1, 0.15) is 0 Å². The number of carbonyl (C=O) groups excluding carboxylic acids is 1. The van der Waals surface area contributed by atoms with Gasteiger partial charge in [0, 0.05) is 24.4 Å². The molecular formula is C16H21N3O2S. The summed E-state index contributed by atoms with van der Waals surface area (Å²) >= 11 is 1.69. The fraction of sp³-hybridized carbons (Fsp3) is 0.500. The minimum absolute atomic E-state index is 0.0156. The SMILES string of the molecule is Cc1nn(CCNC(=O)C2CCOC2)c(C)c1-c1ccsc1. The maximum Gasteiger partial charge on any atom is 0.225 e. The smallest absolute Gasteiger partial charge is 0.225 e. The molecule has 1 N–H and O–H groups in total. The first-order valence-electron chi connectivity index (χ1n) is 7.59. The van der Waals surface area contributed by atoms with E-state index in [9.17, 15) is 4.79 Å². The Balaban J connectivity index is 1.61. The van der Waals surface area contributed by atoms with E-state index in [2.05, 4.69) is 34.2 Å². The number of carbonyl (C=O) groups is 1. The van der Waals surface area contributed by atoms with Gasteiger partial charge in [0.2, 0.25) is 5.91 Å². The zero-order valence-electron chi connectivity index (χ0n) is 13.0. The highest BCUT2D eigenvalue weighted by Crippen LogP contribution is 2.28. The van der Waals surface area contributed by atoms with Crippen LogP contribution in [-0.2, 0) is 16.1 Å². The van der Waals surface area contributed by atoms with Crippen molar-refractivity contribution < 1.29 is 9.53 Å². The summed E-state index contributed by atoms with van der Waals surface area (Å²) in [6.07, 6.45) is 0.827. The Labute approximate surface area is 134 Å². The lowest BCUT2D eigenvalue weighted by Crippen LogP contribution is -2.33. The first-order valence-corrected chi connectivity index (χ1v) is 8.53. The number of hydrogen-bond donors (Lipinski definition) is 1. The molecule has 1 unspecified atom stereocenters. The minimum Gasteiger partial charge on any atom is -0.381 e. The normalized spacial score (nSPS) is 17.8. The molecule has 1 aliphatic heterocycles. The van der Waals surface area contributed by atoms with Gasteiger partial charge in [-0.15, -0.1) is 0 Å². The molecule has 5 nitrogen and oxygen atoms in total. The predicted molar refractivity (Wildman–Crippen MR) is 86.9 cm³/mol. The molecular weight excluding hydrogens is 298 g/mol. The molecule has 0 saturated carbocycles. The quantitative estimate of drug-likeness (QED) is 0.920. The third-order valence-corrected chi connectivity index (χ3v) is 4.80. The maximum absolute atomic E-state index is 12.0. The lowest BCUT2D eigenvalue weighted by Gasteiger charge is -2.10. The van der Waals surface area contributed by atoms with Gasteiger partial charge in [0.05, 0.1) is 24.8 Å². The second kappa shape index (κ2) is 6.62. The van der Waals surface area contributed by atoms with E-state index in [1.165, 1.54) is 11.1 Å². The third kappa shape index (κ3) is 3.08. The van der Waals surface area contributed by atoms with Crippen molar-refractivity contribution in [3.63, 3.8) is 0 Å². The molecule has 6 heteroatoms. The zero-order chi connectivity index (χ0) is 15.5. The average molecular weight is 319 g/mol. The van der Waals surface area contributed by atoms with E-state index in [0.717, 1.165) is 17.8 Å². The van der Waals surface area contributed by atoms with Gasteiger partial charge in [0.25, 0.3) is 0 Å². The Morgan fingerprint density at radius 1 is 1.55 bits per heavy atom. The lowest BCUT2D eigenvalue weighted by molar-refractivity contribution is -0.124. The monoisotopic (exact) mass is 319 g/mol. The molecule has 2 aromatic heterocycles.